The summed E-state index contributed by atoms with van der Waals surface area (Å²) in [5.41, 5.74) is 0.651. The molecule has 1 atom stereocenters. The SMILES string of the molecule is COC(OC)(OCC(C)(C)C)C(=O)c1cc(F)nn1[C@H](C)c1ccccc1. The first-order chi connectivity index (χ1) is 12.6. The van der Waals surface area contributed by atoms with Gasteiger partial charge in [0.2, 0.25) is 5.95 Å². The number of halogens is 1. The van der Waals surface area contributed by atoms with Gasteiger partial charge in [0, 0.05) is 20.3 Å². The van der Waals surface area contributed by atoms with Gasteiger partial charge in [-0.2, -0.15) is 4.39 Å². The predicted octanol–water partition coefficient (Wildman–Crippen LogP) is 3.82. The molecule has 0 bridgehead atoms. The number of aromatic nitrogens is 2. The lowest BCUT2D eigenvalue weighted by Crippen LogP contribution is -2.48. The summed E-state index contributed by atoms with van der Waals surface area (Å²) < 4.78 is 31.6. The molecule has 2 aromatic rings. The summed E-state index contributed by atoms with van der Waals surface area (Å²) in [6.45, 7) is 7.89. The molecule has 7 heteroatoms. The molecule has 0 aliphatic carbocycles. The normalized spacial score (nSPS) is 13.6. The molecule has 148 valence electrons. The number of ether oxygens (including phenoxy) is 3. The van der Waals surface area contributed by atoms with Crippen molar-refractivity contribution in [3.8, 4) is 0 Å². The summed E-state index contributed by atoms with van der Waals surface area (Å²) in [5.74, 6) is -3.40. The molecule has 0 spiro atoms. The van der Waals surface area contributed by atoms with E-state index in [1.165, 1.54) is 18.9 Å². The molecule has 0 saturated heterocycles. The Balaban J connectivity index is 2.42. The van der Waals surface area contributed by atoms with E-state index in [9.17, 15) is 9.18 Å². The molecule has 0 N–H and O–H groups in total. The van der Waals surface area contributed by atoms with E-state index >= 15 is 0 Å². The van der Waals surface area contributed by atoms with Crippen molar-refractivity contribution in [1.82, 2.24) is 9.78 Å². The standard InChI is InChI=1S/C20H27FN2O4/c1-14(15-10-8-7-9-11-15)23-16(12-17(21)22-23)18(24)20(25-5,26-6)27-13-19(2,3)4/h7-12,14H,13H2,1-6H3/t14-/m1/s1. The van der Waals surface area contributed by atoms with Gasteiger partial charge >= 0.3 is 5.97 Å². The first-order valence-electron chi connectivity index (χ1n) is 8.72. The predicted molar refractivity (Wildman–Crippen MR) is 98.9 cm³/mol. The summed E-state index contributed by atoms with van der Waals surface area (Å²) in [4.78, 5) is 13.2. The van der Waals surface area contributed by atoms with E-state index in [4.69, 9.17) is 14.2 Å². The first-order valence-corrected chi connectivity index (χ1v) is 8.72. The van der Waals surface area contributed by atoms with Crippen LogP contribution in [0.2, 0.25) is 0 Å². The number of benzene rings is 1. The van der Waals surface area contributed by atoms with E-state index in [-0.39, 0.29) is 23.8 Å². The number of hydrogen-bond acceptors (Lipinski definition) is 5. The smallest absolute Gasteiger partial charge is 0.324 e. The summed E-state index contributed by atoms with van der Waals surface area (Å²) >= 11 is 0. The third-order valence-electron chi connectivity index (χ3n) is 4.10. The van der Waals surface area contributed by atoms with Crippen LogP contribution < -0.4 is 0 Å². The van der Waals surface area contributed by atoms with Crippen molar-refractivity contribution in [2.75, 3.05) is 20.8 Å². The molecule has 0 aliphatic rings. The van der Waals surface area contributed by atoms with Crippen LogP contribution in [0, 0.1) is 11.4 Å². The van der Waals surface area contributed by atoms with Crippen LogP contribution in [0.25, 0.3) is 0 Å². The number of nitrogens with zero attached hydrogens (tertiary/aromatic N) is 2. The van der Waals surface area contributed by atoms with E-state index in [2.05, 4.69) is 5.10 Å². The van der Waals surface area contributed by atoms with Crippen LogP contribution >= 0.6 is 0 Å². The minimum atomic E-state index is -1.98. The maximum Gasteiger partial charge on any atom is 0.352 e. The monoisotopic (exact) mass is 378 g/mol. The van der Waals surface area contributed by atoms with Gasteiger partial charge in [0.15, 0.2) is 0 Å². The quantitative estimate of drug-likeness (QED) is 0.516. The molecular formula is C20H27FN2O4. The zero-order valence-electron chi connectivity index (χ0n) is 16.7. The second-order valence-electron chi connectivity index (χ2n) is 7.53. The Kier molecular flexibility index (Phi) is 6.51. The van der Waals surface area contributed by atoms with Crippen molar-refractivity contribution in [2.24, 2.45) is 5.41 Å². The summed E-state index contributed by atoms with van der Waals surface area (Å²) in [7, 11) is 2.61. The Morgan fingerprint density at radius 3 is 2.30 bits per heavy atom. The molecule has 0 amide bonds. The lowest BCUT2D eigenvalue weighted by atomic mass is 9.98. The molecule has 0 unspecified atom stereocenters. The third-order valence-corrected chi connectivity index (χ3v) is 4.10. The number of methoxy groups -OCH3 is 2. The van der Waals surface area contributed by atoms with Crippen LogP contribution in [-0.2, 0) is 14.2 Å². The average molecular weight is 378 g/mol. The molecule has 1 aromatic carbocycles. The molecule has 6 nitrogen and oxygen atoms in total. The van der Waals surface area contributed by atoms with Crippen molar-refractivity contribution in [3.05, 3.63) is 53.6 Å². The lowest BCUT2D eigenvalue weighted by Gasteiger charge is -2.32. The van der Waals surface area contributed by atoms with Gasteiger partial charge in [-0.15, -0.1) is 5.10 Å². The van der Waals surface area contributed by atoms with Crippen LogP contribution in [0.5, 0.6) is 0 Å². The number of carbonyl (C=O) groups is 1. The number of Topliss-reactive ketones (excluding diaryl/α,β-unsaturated/α-hetero) is 1. The fraction of sp³-hybridized carbons (Fsp3) is 0.500. The highest BCUT2D eigenvalue weighted by atomic mass is 19.1. The van der Waals surface area contributed by atoms with Crippen molar-refractivity contribution in [1.29, 1.82) is 0 Å². The highest BCUT2D eigenvalue weighted by Gasteiger charge is 2.44. The molecule has 0 saturated carbocycles. The Morgan fingerprint density at radius 2 is 1.78 bits per heavy atom. The van der Waals surface area contributed by atoms with Crippen LogP contribution in [0.4, 0.5) is 4.39 Å². The maximum absolute atomic E-state index is 14.0. The zero-order chi connectivity index (χ0) is 20.2. The highest BCUT2D eigenvalue weighted by molar-refractivity contribution is 5.99. The lowest BCUT2D eigenvalue weighted by molar-refractivity contribution is -0.329. The third kappa shape index (κ3) is 4.80. The van der Waals surface area contributed by atoms with Gasteiger partial charge in [0.25, 0.3) is 5.78 Å². The molecule has 0 aliphatic heterocycles. The van der Waals surface area contributed by atoms with Crippen LogP contribution in [0.15, 0.2) is 36.4 Å². The fourth-order valence-corrected chi connectivity index (χ4v) is 2.62. The van der Waals surface area contributed by atoms with Crippen molar-refractivity contribution in [3.63, 3.8) is 0 Å². The van der Waals surface area contributed by atoms with Crippen molar-refractivity contribution in [2.45, 2.75) is 39.7 Å². The van der Waals surface area contributed by atoms with Crippen LogP contribution in [-0.4, -0.2) is 42.4 Å². The number of rotatable bonds is 8. The fourth-order valence-electron chi connectivity index (χ4n) is 2.62. The minimum absolute atomic E-state index is 0.00135. The Morgan fingerprint density at radius 1 is 1.19 bits per heavy atom. The molecule has 0 radical (unpaired) electrons. The van der Waals surface area contributed by atoms with E-state index in [1.807, 2.05) is 58.0 Å². The second-order valence-corrected chi connectivity index (χ2v) is 7.53. The van der Waals surface area contributed by atoms with Gasteiger partial charge in [-0.1, -0.05) is 51.1 Å². The van der Waals surface area contributed by atoms with E-state index in [0.717, 1.165) is 11.6 Å². The summed E-state index contributed by atoms with van der Waals surface area (Å²) in [5, 5.41) is 3.86. The van der Waals surface area contributed by atoms with Gasteiger partial charge in [-0.25, -0.2) is 0 Å². The molecular weight excluding hydrogens is 351 g/mol. The van der Waals surface area contributed by atoms with Gasteiger partial charge in [0.1, 0.15) is 5.69 Å². The van der Waals surface area contributed by atoms with Crippen molar-refractivity contribution >= 4 is 5.78 Å². The first kappa shape index (κ1) is 21.2. The molecule has 2 rings (SSSR count). The van der Waals surface area contributed by atoms with E-state index in [0.29, 0.717) is 0 Å². The van der Waals surface area contributed by atoms with E-state index < -0.39 is 17.7 Å². The minimum Gasteiger partial charge on any atom is -0.324 e. The molecule has 1 aromatic heterocycles. The van der Waals surface area contributed by atoms with Gasteiger partial charge in [-0.05, 0) is 17.9 Å². The number of ketones is 1. The Bertz CT molecular complexity index is 764. The maximum atomic E-state index is 14.0. The molecule has 1 heterocycles. The number of hydrogen-bond donors (Lipinski definition) is 0. The highest BCUT2D eigenvalue weighted by Crippen LogP contribution is 2.27. The Labute approximate surface area is 159 Å². The average Bonchev–Trinajstić information content (AvgIpc) is 3.03. The molecule has 0 fully saturated rings. The summed E-state index contributed by atoms with van der Waals surface area (Å²) in [6, 6.07) is 10.1. The summed E-state index contributed by atoms with van der Waals surface area (Å²) in [6.07, 6.45) is 0. The zero-order valence-corrected chi connectivity index (χ0v) is 16.7. The van der Waals surface area contributed by atoms with Crippen molar-refractivity contribution < 1.29 is 23.4 Å². The van der Waals surface area contributed by atoms with E-state index in [1.54, 1.807) is 0 Å². The van der Waals surface area contributed by atoms with Crippen LogP contribution in [0.1, 0.15) is 49.8 Å². The Hall–Kier alpha value is -2.09. The molecule has 27 heavy (non-hydrogen) atoms. The van der Waals surface area contributed by atoms with Gasteiger partial charge in [0.05, 0.1) is 12.6 Å². The van der Waals surface area contributed by atoms with Crippen LogP contribution in [0.3, 0.4) is 0 Å². The second kappa shape index (κ2) is 8.29. The number of carbonyl (C=O) groups excluding carboxylic acids is 1. The topological polar surface area (TPSA) is 62.6 Å². The van der Waals surface area contributed by atoms with Gasteiger partial charge < -0.3 is 14.2 Å². The van der Waals surface area contributed by atoms with Gasteiger partial charge in [-0.3, -0.25) is 9.48 Å². The largest absolute Gasteiger partial charge is 0.352 e.